The maximum atomic E-state index is 12.6. The van der Waals surface area contributed by atoms with E-state index in [0.29, 0.717) is 5.58 Å². The van der Waals surface area contributed by atoms with Gasteiger partial charge >= 0.3 is 0 Å². The Morgan fingerprint density at radius 3 is 2.83 bits per heavy atom. The summed E-state index contributed by atoms with van der Waals surface area (Å²) in [5.41, 5.74) is 4.41. The lowest BCUT2D eigenvalue weighted by atomic mass is 10.1. The van der Waals surface area contributed by atoms with Crippen LogP contribution in [0.4, 0.5) is 5.69 Å². The second-order valence-corrected chi connectivity index (χ2v) is 8.86. The Hall–Kier alpha value is -2.77. The van der Waals surface area contributed by atoms with Crippen molar-refractivity contribution in [2.75, 3.05) is 12.4 Å². The topological polar surface area (TPSA) is 64.4 Å². The van der Waals surface area contributed by atoms with E-state index < -0.39 is 0 Å². The standard InChI is InChI=1S/C22H20N2O3S2/c1-13-8-17(29-22-23-14(2)12-28-22)5-7-19(13)24-21(25)9-15-11-27-20-10-16(26-3)4-6-18(15)20/h4-8,10-12H,9H2,1-3H3,(H,24,25). The number of anilines is 1. The predicted octanol–water partition coefficient (Wildman–Crippen LogP) is 5.85. The molecule has 0 unspecified atom stereocenters. The van der Waals surface area contributed by atoms with Crippen molar-refractivity contribution in [1.29, 1.82) is 0 Å². The summed E-state index contributed by atoms with van der Waals surface area (Å²) in [7, 11) is 1.61. The average molecular weight is 425 g/mol. The highest BCUT2D eigenvalue weighted by molar-refractivity contribution is 8.01. The van der Waals surface area contributed by atoms with Gasteiger partial charge in [-0.05, 0) is 49.7 Å². The number of amides is 1. The summed E-state index contributed by atoms with van der Waals surface area (Å²) in [6.07, 6.45) is 1.87. The lowest BCUT2D eigenvalue weighted by Gasteiger charge is -2.09. The summed E-state index contributed by atoms with van der Waals surface area (Å²) >= 11 is 3.27. The number of benzene rings is 2. The molecule has 2 aromatic carbocycles. The van der Waals surface area contributed by atoms with Crippen molar-refractivity contribution < 1.29 is 13.9 Å². The second-order valence-electron chi connectivity index (χ2n) is 6.68. The van der Waals surface area contributed by atoms with Gasteiger partial charge in [-0.2, -0.15) is 0 Å². The Morgan fingerprint density at radius 2 is 2.10 bits per heavy atom. The zero-order valence-corrected chi connectivity index (χ0v) is 17.9. The number of aromatic nitrogens is 1. The smallest absolute Gasteiger partial charge is 0.228 e. The first-order chi connectivity index (χ1) is 14.0. The van der Waals surface area contributed by atoms with Gasteiger partial charge in [-0.25, -0.2) is 4.98 Å². The van der Waals surface area contributed by atoms with E-state index in [9.17, 15) is 4.79 Å². The van der Waals surface area contributed by atoms with E-state index in [1.54, 1.807) is 36.5 Å². The highest BCUT2D eigenvalue weighted by atomic mass is 32.2. The highest BCUT2D eigenvalue weighted by Crippen LogP contribution is 2.32. The molecule has 0 atom stereocenters. The molecule has 0 saturated carbocycles. The molecule has 0 aliphatic heterocycles. The van der Waals surface area contributed by atoms with Crippen LogP contribution in [-0.2, 0) is 11.2 Å². The SMILES string of the molecule is COc1ccc2c(CC(=O)Nc3ccc(Sc4nc(C)cs4)cc3C)coc2c1. The van der Waals surface area contributed by atoms with Gasteiger partial charge < -0.3 is 14.5 Å². The number of rotatable bonds is 6. The van der Waals surface area contributed by atoms with Crippen molar-refractivity contribution in [1.82, 2.24) is 4.98 Å². The van der Waals surface area contributed by atoms with E-state index >= 15 is 0 Å². The van der Waals surface area contributed by atoms with Crippen LogP contribution in [0.15, 0.2) is 61.7 Å². The molecule has 0 fully saturated rings. The van der Waals surface area contributed by atoms with E-state index in [0.717, 1.165) is 42.9 Å². The van der Waals surface area contributed by atoms with Crippen LogP contribution in [-0.4, -0.2) is 18.0 Å². The number of fused-ring (bicyclic) bond motifs is 1. The fraction of sp³-hybridized carbons (Fsp3) is 0.182. The Kier molecular flexibility index (Phi) is 5.60. The van der Waals surface area contributed by atoms with Crippen molar-refractivity contribution >= 4 is 45.7 Å². The maximum absolute atomic E-state index is 12.6. The number of nitrogens with zero attached hydrogens (tertiary/aromatic N) is 1. The molecule has 7 heteroatoms. The molecule has 0 saturated heterocycles. The van der Waals surface area contributed by atoms with Crippen LogP contribution in [0.2, 0.25) is 0 Å². The highest BCUT2D eigenvalue weighted by Gasteiger charge is 2.13. The van der Waals surface area contributed by atoms with Crippen LogP contribution in [0, 0.1) is 13.8 Å². The summed E-state index contributed by atoms with van der Waals surface area (Å²) in [5.74, 6) is 0.645. The van der Waals surface area contributed by atoms with Crippen LogP contribution in [0.3, 0.4) is 0 Å². The molecule has 0 radical (unpaired) electrons. The van der Waals surface area contributed by atoms with Gasteiger partial charge in [0.2, 0.25) is 5.91 Å². The molecule has 4 rings (SSSR count). The minimum Gasteiger partial charge on any atom is -0.497 e. The normalized spacial score (nSPS) is 11.0. The first-order valence-corrected chi connectivity index (χ1v) is 10.8. The lowest BCUT2D eigenvalue weighted by Crippen LogP contribution is -2.15. The lowest BCUT2D eigenvalue weighted by molar-refractivity contribution is -0.115. The van der Waals surface area contributed by atoms with Crippen LogP contribution >= 0.6 is 23.1 Å². The van der Waals surface area contributed by atoms with Crippen LogP contribution in [0.1, 0.15) is 16.8 Å². The minimum atomic E-state index is -0.0810. The summed E-state index contributed by atoms with van der Waals surface area (Å²) in [6.45, 7) is 3.98. The van der Waals surface area contributed by atoms with Gasteiger partial charge in [-0.3, -0.25) is 4.79 Å². The molecule has 0 bridgehead atoms. The van der Waals surface area contributed by atoms with Gasteiger partial charge in [0.15, 0.2) is 4.34 Å². The number of thiazole rings is 1. The molecule has 148 valence electrons. The average Bonchev–Trinajstić information content (AvgIpc) is 3.29. The number of aryl methyl sites for hydroxylation is 2. The molecule has 0 spiro atoms. The number of ether oxygens (including phenoxy) is 1. The summed E-state index contributed by atoms with van der Waals surface area (Å²) in [5, 5.41) is 5.96. The molecular weight excluding hydrogens is 404 g/mol. The third kappa shape index (κ3) is 4.46. The van der Waals surface area contributed by atoms with Crippen LogP contribution < -0.4 is 10.1 Å². The number of nitrogens with one attached hydrogen (secondary N) is 1. The first kappa shape index (κ1) is 19.5. The van der Waals surface area contributed by atoms with E-state index in [-0.39, 0.29) is 12.3 Å². The fourth-order valence-electron chi connectivity index (χ4n) is 3.01. The summed E-state index contributed by atoms with van der Waals surface area (Å²) in [6, 6.07) is 11.6. The van der Waals surface area contributed by atoms with Crippen molar-refractivity contribution in [2.45, 2.75) is 29.5 Å². The maximum Gasteiger partial charge on any atom is 0.228 e. The molecule has 5 nitrogen and oxygen atoms in total. The van der Waals surface area contributed by atoms with Crippen LogP contribution in [0.5, 0.6) is 5.75 Å². The van der Waals surface area contributed by atoms with Gasteiger partial charge in [-0.1, -0.05) is 11.8 Å². The number of carbonyl (C=O) groups excluding carboxylic acids is 1. The van der Waals surface area contributed by atoms with E-state index in [4.69, 9.17) is 9.15 Å². The fourth-order valence-corrected chi connectivity index (χ4v) is 4.92. The number of hydrogen-bond acceptors (Lipinski definition) is 6. The van der Waals surface area contributed by atoms with Crippen LogP contribution in [0.25, 0.3) is 11.0 Å². The molecule has 0 aliphatic rings. The Bertz CT molecular complexity index is 1180. The van der Waals surface area contributed by atoms with Crippen molar-refractivity contribution in [3.8, 4) is 5.75 Å². The third-order valence-electron chi connectivity index (χ3n) is 4.49. The van der Waals surface area contributed by atoms with E-state index in [1.807, 2.05) is 49.6 Å². The zero-order chi connectivity index (χ0) is 20.4. The van der Waals surface area contributed by atoms with E-state index in [2.05, 4.69) is 16.4 Å². The predicted molar refractivity (Wildman–Crippen MR) is 117 cm³/mol. The Morgan fingerprint density at radius 1 is 1.24 bits per heavy atom. The molecule has 4 aromatic rings. The van der Waals surface area contributed by atoms with Gasteiger partial charge in [0.05, 0.1) is 19.8 Å². The summed E-state index contributed by atoms with van der Waals surface area (Å²) < 4.78 is 11.8. The molecule has 0 aliphatic carbocycles. The Labute approximate surface area is 177 Å². The quantitative estimate of drug-likeness (QED) is 0.421. The number of furan rings is 1. The second kappa shape index (κ2) is 8.31. The van der Waals surface area contributed by atoms with E-state index in [1.165, 1.54) is 0 Å². The molecule has 1 N–H and O–H groups in total. The van der Waals surface area contributed by atoms with Gasteiger partial charge in [-0.15, -0.1) is 11.3 Å². The molecule has 1 amide bonds. The molecule has 2 heterocycles. The van der Waals surface area contributed by atoms with Crippen molar-refractivity contribution in [3.05, 3.63) is 64.9 Å². The molecular formula is C22H20N2O3S2. The number of carbonyl (C=O) groups is 1. The van der Waals surface area contributed by atoms with Crippen molar-refractivity contribution in [2.24, 2.45) is 0 Å². The zero-order valence-electron chi connectivity index (χ0n) is 16.3. The van der Waals surface area contributed by atoms with Crippen molar-refractivity contribution in [3.63, 3.8) is 0 Å². The molecule has 2 aromatic heterocycles. The largest absolute Gasteiger partial charge is 0.497 e. The van der Waals surface area contributed by atoms with Gasteiger partial charge in [0.1, 0.15) is 11.3 Å². The number of methoxy groups -OCH3 is 1. The number of hydrogen-bond donors (Lipinski definition) is 1. The summed E-state index contributed by atoms with van der Waals surface area (Å²) in [4.78, 5) is 18.2. The monoisotopic (exact) mass is 424 g/mol. The third-order valence-corrected chi connectivity index (χ3v) is 6.54. The Balaban J connectivity index is 1.44. The first-order valence-electron chi connectivity index (χ1n) is 9.06. The minimum absolute atomic E-state index is 0.0810. The molecule has 29 heavy (non-hydrogen) atoms. The van der Waals surface area contributed by atoms with Gasteiger partial charge in [0.25, 0.3) is 0 Å². The van der Waals surface area contributed by atoms with Gasteiger partial charge in [0, 0.05) is 38.7 Å².